The van der Waals surface area contributed by atoms with Crippen LogP contribution in [0.15, 0.2) is 0 Å². The third-order valence-corrected chi connectivity index (χ3v) is 40.2. The van der Waals surface area contributed by atoms with Crippen molar-refractivity contribution in [3.8, 4) is 0 Å². The van der Waals surface area contributed by atoms with Gasteiger partial charge in [-0.15, -0.1) is 0 Å². The predicted octanol–water partition coefficient (Wildman–Crippen LogP) is 13.9. The van der Waals surface area contributed by atoms with Gasteiger partial charge in [0.05, 0.1) is 12.2 Å². The van der Waals surface area contributed by atoms with Gasteiger partial charge in [-0.3, -0.25) is 0 Å². The van der Waals surface area contributed by atoms with Crippen LogP contribution >= 0.6 is 0 Å². The van der Waals surface area contributed by atoms with E-state index in [-0.39, 0.29) is 21.0 Å². The van der Waals surface area contributed by atoms with Crippen molar-refractivity contribution in [3.63, 3.8) is 0 Å². The van der Waals surface area contributed by atoms with Crippen LogP contribution in [0.5, 0.6) is 0 Å². The van der Waals surface area contributed by atoms with E-state index >= 15 is 0 Å². The summed E-state index contributed by atoms with van der Waals surface area (Å²) in [5.74, 6) is 0. The Kier molecular flexibility index (Phi) is 37.6. The normalized spacial score (nSPS) is 14.1. The zero-order valence-corrected chi connectivity index (χ0v) is 58.1. The Morgan fingerprint density at radius 2 is 0.672 bits per heavy atom. The first kappa shape index (κ1) is 74.9. The van der Waals surface area contributed by atoms with Crippen LogP contribution in [0.25, 0.3) is 0 Å². The summed E-state index contributed by atoms with van der Waals surface area (Å²) in [6, 6.07) is 3.36. The zero-order valence-electron chi connectivity index (χ0n) is 46.7. The summed E-state index contributed by atoms with van der Waals surface area (Å²) in [4.78, 5) is 0. The summed E-state index contributed by atoms with van der Waals surface area (Å²) in [7, 11) is -19.5. The SMILES string of the molecule is C.C.CC(C)NCCC[Si](O[Si](C)(C)C)(O[Si](C)(C)C)O[Si](C)(C)C.CC(C)OCCC[Si](O[Si](C)(C)C)(O[Si](C)(C)C)O[Si](C)(C)C.CC(C)OCC[Si](C)(C)O[SiH2]O[Si](C)(C)C. The lowest BCUT2D eigenvalue weighted by Crippen LogP contribution is -2.60. The Hall–Kier alpha value is 1.95. The highest BCUT2D eigenvalue weighted by Crippen LogP contribution is 2.31. The summed E-state index contributed by atoms with van der Waals surface area (Å²) in [6.45, 7) is 66.5. The Morgan fingerprint density at radius 1 is 0.375 bits per heavy atom. The number of nitrogens with one attached hydrogen (secondary N) is 1. The van der Waals surface area contributed by atoms with Crippen LogP contribution in [-0.4, -0.2) is 132 Å². The molecule has 0 heterocycles. The van der Waals surface area contributed by atoms with Gasteiger partial charge in [-0.2, -0.15) is 0 Å². The van der Waals surface area contributed by atoms with Gasteiger partial charge >= 0.3 is 17.6 Å². The van der Waals surface area contributed by atoms with E-state index in [1.54, 1.807) is 0 Å². The topological polar surface area (TPSA) is 104 Å². The Balaban J connectivity index is -0.000000273. The van der Waals surface area contributed by atoms with Gasteiger partial charge in [-0.25, -0.2) is 0 Å². The van der Waals surface area contributed by atoms with E-state index in [0.29, 0.717) is 12.1 Å². The smallest absolute Gasteiger partial charge is 0.441 e. The molecule has 0 aliphatic rings. The third-order valence-electron chi connectivity index (χ3n) is 7.16. The monoisotopic (exact) mass is 1100 g/mol. The van der Waals surface area contributed by atoms with Crippen molar-refractivity contribution >= 4 is 94.2 Å². The molecule has 0 radical (unpaired) electrons. The van der Waals surface area contributed by atoms with E-state index in [4.69, 9.17) is 42.4 Å². The maximum atomic E-state index is 6.66. The highest BCUT2D eigenvalue weighted by molar-refractivity contribution is 6.91. The zero-order chi connectivity index (χ0) is 49.9. The molecule has 0 saturated heterocycles. The van der Waals surface area contributed by atoms with Crippen molar-refractivity contribution < 1.29 is 42.4 Å². The first-order valence-corrected chi connectivity index (χ1v) is 55.6. The van der Waals surface area contributed by atoms with Gasteiger partial charge in [0.25, 0.3) is 10.0 Å². The second-order valence-electron chi connectivity index (χ2n) is 24.8. The third kappa shape index (κ3) is 53.3. The molecule has 0 bridgehead atoms. The Labute approximate surface area is 415 Å². The van der Waals surface area contributed by atoms with E-state index in [1.807, 2.05) is 0 Å². The van der Waals surface area contributed by atoms with Gasteiger partial charge in [0, 0.05) is 31.3 Å². The molecule has 0 atom stereocenters. The fraction of sp³-hybridized carbons (Fsp3) is 1.00. The van der Waals surface area contributed by atoms with Crippen molar-refractivity contribution in [2.45, 2.75) is 256 Å². The van der Waals surface area contributed by atoms with E-state index in [9.17, 15) is 0 Å². The minimum atomic E-state index is -2.67. The molecule has 1 N–H and O–H groups in total. The van der Waals surface area contributed by atoms with E-state index < -0.39 is 94.2 Å². The molecule has 0 rings (SSSR count). The quantitative estimate of drug-likeness (QED) is 0.0549. The molecule has 64 heavy (non-hydrogen) atoms. The first-order chi connectivity index (χ1) is 27.2. The molecule has 0 unspecified atom stereocenters. The molecule has 0 amide bonds. The molecule has 0 fully saturated rings. The summed E-state index contributed by atoms with van der Waals surface area (Å²) in [6.07, 6.45) is 2.56. The fourth-order valence-electron chi connectivity index (χ4n) is 5.51. The van der Waals surface area contributed by atoms with Crippen LogP contribution in [0, 0.1) is 0 Å². The Bertz CT molecular complexity index is 1010. The van der Waals surface area contributed by atoms with Crippen molar-refractivity contribution in [2.75, 3.05) is 19.8 Å². The largest absolute Gasteiger partial charge is 0.469 e. The molecule has 0 aromatic rings. The second-order valence-corrected chi connectivity index (χ2v) is 69.6. The highest BCUT2D eigenvalue weighted by atomic mass is 28.5. The van der Waals surface area contributed by atoms with Crippen molar-refractivity contribution in [1.82, 2.24) is 5.32 Å². The van der Waals surface area contributed by atoms with Crippen LogP contribution < -0.4 is 5.32 Å². The second kappa shape index (κ2) is 32.1. The molecular weight excluding hydrogens is 987 g/mol. The van der Waals surface area contributed by atoms with E-state index in [2.05, 4.69) is 197 Å². The minimum absolute atomic E-state index is 0. The number of ether oxygens (including phenoxy) is 2. The van der Waals surface area contributed by atoms with Gasteiger partial charge in [0.2, 0.25) is 0 Å². The maximum absolute atomic E-state index is 6.66. The Morgan fingerprint density at radius 3 is 0.938 bits per heavy atom. The molecule has 0 saturated carbocycles. The maximum Gasteiger partial charge on any atom is 0.469 e. The van der Waals surface area contributed by atoms with Crippen LogP contribution in [0.4, 0.5) is 0 Å². The summed E-state index contributed by atoms with van der Waals surface area (Å²) in [5, 5.41) is 3.50. The number of hydrogen-bond donors (Lipinski definition) is 1. The van der Waals surface area contributed by atoms with Crippen LogP contribution in [-0.2, 0) is 42.4 Å². The van der Waals surface area contributed by atoms with Crippen molar-refractivity contribution in [2.24, 2.45) is 0 Å². The average Bonchev–Trinajstić information content (AvgIpc) is 2.91. The van der Waals surface area contributed by atoms with Crippen molar-refractivity contribution in [3.05, 3.63) is 0 Å². The summed E-state index contributed by atoms with van der Waals surface area (Å²) < 4.78 is 63.0. The molecule has 22 heteroatoms. The average molecular weight is 1110 g/mol. The summed E-state index contributed by atoms with van der Waals surface area (Å²) in [5.41, 5.74) is 0. The summed E-state index contributed by atoms with van der Waals surface area (Å²) >= 11 is 0. The predicted molar refractivity (Wildman–Crippen MR) is 312 cm³/mol. The highest BCUT2D eigenvalue weighted by Gasteiger charge is 2.51. The molecule has 0 aliphatic heterocycles. The van der Waals surface area contributed by atoms with Gasteiger partial charge in [-0.1, -0.05) is 28.7 Å². The lowest BCUT2D eigenvalue weighted by atomic mass is 10.4. The van der Waals surface area contributed by atoms with Crippen LogP contribution in [0.3, 0.4) is 0 Å². The molecule has 0 aromatic heterocycles. The minimum Gasteiger partial charge on any atom is -0.441 e. The van der Waals surface area contributed by atoms with Gasteiger partial charge in [-0.05, 0) is 204 Å². The van der Waals surface area contributed by atoms with E-state index in [1.165, 1.54) is 0 Å². The standard InChI is InChI=1S/C15H41NO3Si4.C15H40O4Si4.C10H28O3Si3.2CH4/c2*1-15(2)16-13-12-14-23(17-20(3,4)5,18-21(6,7)8)19-22(9,10)11;1-10(2)11-8-9-16(6,7)13-14-12-15(3,4)5;;/h15-16H,12-14H2,1-11H3;15H,12-14H2,1-11H3;10H,8-9,14H2,1-7H3;2*1H4. The lowest BCUT2D eigenvalue weighted by Gasteiger charge is -2.43. The molecule has 0 spiro atoms. The number of rotatable bonds is 30. The molecular formula is C42H117NO10Si11. The number of hydrogen-bond acceptors (Lipinski definition) is 11. The first-order valence-electron chi connectivity index (χ1n) is 23.7. The lowest BCUT2D eigenvalue weighted by molar-refractivity contribution is 0.0771. The van der Waals surface area contributed by atoms with Gasteiger partial charge < -0.3 is 47.7 Å². The van der Waals surface area contributed by atoms with Gasteiger partial charge in [0.15, 0.2) is 66.5 Å². The molecule has 0 aliphatic carbocycles. The van der Waals surface area contributed by atoms with Crippen molar-refractivity contribution in [1.29, 1.82) is 0 Å². The molecule has 0 aromatic carbocycles. The fourth-order valence-corrected chi connectivity index (χ4v) is 39.4. The van der Waals surface area contributed by atoms with Crippen LogP contribution in [0.2, 0.25) is 169 Å². The van der Waals surface area contributed by atoms with E-state index in [0.717, 1.165) is 50.7 Å². The molecule has 394 valence electrons. The van der Waals surface area contributed by atoms with Gasteiger partial charge in [0.1, 0.15) is 0 Å². The molecule has 11 nitrogen and oxygen atoms in total. The van der Waals surface area contributed by atoms with Crippen LogP contribution in [0.1, 0.15) is 69.2 Å².